The predicted molar refractivity (Wildman–Crippen MR) is 83.9 cm³/mol. The van der Waals surface area contributed by atoms with Crippen molar-refractivity contribution in [2.24, 2.45) is 0 Å². The molecule has 0 radical (unpaired) electrons. The van der Waals surface area contributed by atoms with Gasteiger partial charge in [0.25, 0.3) is 0 Å². The van der Waals surface area contributed by atoms with E-state index in [1.807, 2.05) is 4.90 Å². The highest BCUT2D eigenvalue weighted by Crippen LogP contribution is 2.26. The highest BCUT2D eigenvalue weighted by atomic mass is 16.2. The van der Waals surface area contributed by atoms with Crippen LogP contribution < -0.4 is 5.32 Å². The van der Waals surface area contributed by atoms with Crippen LogP contribution in [-0.4, -0.2) is 47.9 Å². The van der Waals surface area contributed by atoms with Crippen LogP contribution in [0.4, 0.5) is 0 Å². The van der Waals surface area contributed by atoms with E-state index in [2.05, 4.69) is 48.3 Å². The Hall–Kier alpha value is -1.39. The second-order valence-corrected chi connectivity index (χ2v) is 6.35. The summed E-state index contributed by atoms with van der Waals surface area (Å²) in [4.78, 5) is 16.8. The van der Waals surface area contributed by atoms with Crippen molar-refractivity contribution in [3.63, 3.8) is 0 Å². The Morgan fingerprint density at radius 2 is 1.90 bits per heavy atom. The van der Waals surface area contributed by atoms with Crippen molar-refractivity contribution in [2.45, 2.75) is 38.9 Å². The summed E-state index contributed by atoms with van der Waals surface area (Å²) in [5, 5.41) is 3.36. The first-order valence-electron chi connectivity index (χ1n) is 7.98. The maximum absolute atomic E-state index is 12.3. The van der Waals surface area contributed by atoms with E-state index < -0.39 is 0 Å². The van der Waals surface area contributed by atoms with Gasteiger partial charge in [0.15, 0.2) is 0 Å². The molecular weight excluding hydrogens is 262 g/mol. The maximum atomic E-state index is 12.3. The predicted octanol–water partition coefficient (Wildman–Crippen LogP) is 1.91. The van der Waals surface area contributed by atoms with E-state index in [-0.39, 0.29) is 18.1 Å². The van der Waals surface area contributed by atoms with Crippen LogP contribution in [0.3, 0.4) is 0 Å². The molecule has 2 atom stereocenters. The standard InChI is InChI=1S/C17H25N3O/c1-13-5-7-15(8-6-13)17-18-11-16(21)20(17)14(2)12-19-9-3-4-10-19/h5-8,14,17-18H,3-4,9-12H2,1-2H3. The Bertz CT molecular complexity index is 493. The molecule has 1 aromatic rings. The van der Waals surface area contributed by atoms with Crippen molar-refractivity contribution in [2.75, 3.05) is 26.2 Å². The van der Waals surface area contributed by atoms with Crippen molar-refractivity contribution >= 4 is 5.91 Å². The van der Waals surface area contributed by atoms with Crippen molar-refractivity contribution < 1.29 is 4.79 Å². The summed E-state index contributed by atoms with van der Waals surface area (Å²) in [5.74, 6) is 0.215. The molecule has 2 saturated heterocycles. The number of hydrogen-bond acceptors (Lipinski definition) is 3. The topological polar surface area (TPSA) is 35.6 Å². The van der Waals surface area contributed by atoms with Crippen LogP contribution in [0.1, 0.15) is 37.1 Å². The van der Waals surface area contributed by atoms with Gasteiger partial charge in [-0.2, -0.15) is 0 Å². The van der Waals surface area contributed by atoms with E-state index in [0.717, 1.165) is 6.54 Å². The van der Waals surface area contributed by atoms with Crippen molar-refractivity contribution in [3.8, 4) is 0 Å². The number of hydrogen-bond donors (Lipinski definition) is 1. The minimum absolute atomic E-state index is 0.0238. The summed E-state index contributed by atoms with van der Waals surface area (Å²) in [6, 6.07) is 8.73. The van der Waals surface area contributed by atoms with Gasteiger partial charge in [0, 0.05) is 12.6 Å². The normalized spacial score (nSPS) is 24.8. The number of amides is 1. The van der Waals surface area contributed by atoms with Gasteiger partial charge in [-0.25, -0.2) is 0 Å². The highest BCUT2D eigenvalue weighted by Gasteiger charge is 2.35. The zero-order valence-electron chi connectivity index (χ0n) is 13.0. The highest BCUT2D eigenvalue weighted by molar-refractivity contribution is 5.81. The summed E-state index contributed by atoms with van der Waals surface area (Å²) in [5.41, 5.74) is 2.43. The zero-order chi connectivity index (χ0) is 14.8. The summed E-state index contributed by atoms with van der Waals surface area (Å²) in [7, 11) is 0. The molecule has 1 aromatic carbocycles. The molecule has 1 N–H and O–H groups in total. The molecule has 0 bridgehead atoms. The number of likely N-dealkylation sites (tertiary alicyclic amines) is 1. The van der Waals surface area contributed by atoms with E-state index in [0.29, 0.717) is 6.54 Å². The van der Waals surface area contributed by atoms with Crippen molar-refractivity contribution in [1.82, 2.24) is 15.1 Å². The van der Waals surface area contributed by atoms with E-state index in [1.165, 1.54) is 37.1 Å². The summed E-state index contributed by atoms with van der Waals surface area (Å²) in [6.07, 6.45) is 2.61. The Balaban J connectivity index is 1.73. The third kappa shape index (κ3) is 3.11. The first-order chi connectivity index (χ1) is 10.1. The van der Waals surface area contributed by atoms with Crippen LogP contribution in [0.2, 0.25) is 0 Å². The summed E-state index contributed by atoms with van der Waals surface area (Å²) in [6.45, 7) is 8.04. The van der Waals surface area contributed by atoms with Crippen LogP contribution in [-0.2, 0) is 4.79 Å². The van der Waals surface area contributed by atoms with Crippen LogP contribution in [0, 0.1) is 6.92 Å². The molecule has 2 unspecified atom stereocenters. The van der Waals surface area contributed by atoms with Crippen molar-refractivity contribution in [1.29, 1.82) is 0 Å². The van der Waals surface area contributed by atoms with E-state index in [9.17, 15) is 4.79 Å². The molecule has 4 heteroatoms. The van der Waals surface area contributed by atoms with Gasteiger partial charge in [0.05, 0.1) is 6.54 Å². The van der Waals surface area contributed by atoms with Crippen LogP contribution in [0.15, 0.2) is 24.3 Å². The second kappa shape index (κ2) is 6.16. The molecule has 1 amide bonds. The van der Waals surface area contributed by atoms with Gasteiger partial charge in [0.2, 0.25) is 5.91 Å². The average Bonchev–Trinajstić information content (AvgIpc) is 3.09. The Labute approximate surface area is 127 Å². The van der Waals surface area contributed by atoms with E-state index >= 15 is 0 Å². The van der Waals surface area contributed by atoms with Gasteiger partial charge in [-0.1, -0.05) is 29.8 Å². The number of carbonyl (C=O) groups is 1. The van der Waals surface area contributed by atoms with E-state index in [1.54, 1.807) is 0 Å². The first-order valence-corrected chi connectivity index (χ1v) is 7.98. The lowest BCUT2D eigenvalue weighted by Crippen LogP contribution is -2.44. The molecule has 3 rings (SSSR count). The smallest absolute Gasteiger partial charge is 0.238 e. The van der Waals surface area contributed by atoms with Gasteiger partial charge >= 0.3 is 0 Å². The molecule has 2 aliphatic rings. The fourth-order valence-electron chi connectivity index (χ4n) is 3.47. The van der Waals surface area contributed by atoms with Crippen LogP contribution >= 0.6 is 0 Å². The number of nitrogens with zero attached hydrogens (tertiary/aromatic N) is 2. The number of rotatable bonds is 4. The lowest BCUT2D eigenvalue weighted by Gasteiger charge is -2.33. The number of benzene rings is 1. The van der Waals surface area contributed by atoms with Gasteiger partial charge in [-0.05, 0) is 45.3 Å². The quantitative estimate of drug-likeness (QED) is 0.919. The lowest BCUT2D eigenvalue weighted by atomic mass is 10.1. The Morgan fingerprint density at radius 1 is 1.24 bits per heavy atom. The monoisotopic (exact) mass is 287 g/mol. The maximum Gasteiger partial charge on any atom is 0.238 e. The van der Waals surface area contributed by atoms with E-state index in [4.69, 9.17) is 0 Å². The Morgan fingerprint density at radius 3 is 2.57 bits per heavy atom. The molecule has 0 saturated carbocycles. The van der Waals surface area contributed by atoms with Crippen LogP contribution in [0.25, 0.3) is 0 Å². The fourth-order valence-corrected chi connectivity index (χ4v) is 3.47. The second-order valence-electron chi connectivity index (χ2n) is 6.35. The lowest BCUT2D eigenvalue weighted by molar-refractivity contribution is -0.130. The fraction of sp³-hybridized carbons (Fsp3) is 0.588. The molecule has 2 aliphatic heterocycles. The minimum atomic E-state index is 0.0238. The average molecular weight is 287 g/mol. The molecule has 0 aliphatic carbocycles. The van der Waals surface area contributed by atoms with Gasteiger partial charge < -0.3 is 9.80 Å². The van der Waals surface area contributed by atoms with Gasteiger partial charge in [0.1, 0.15) is 6.17 Å². The van der Waals surface area contributed by atoms with Crippen molar-refractivity contribution in [3.05, 3.63) is 35.4 Å². The third-order valence-corrected chi connectivity index (χ3v) is 4.60. The molecular formula is C17H25N3O. The largest absolute Gasteiger partial charge is 0.318 e. The molecule has 0 aromatic heterocycles. The third-order valence-electron chi connectivity index (χ3n) is 4.60. The molecule has 114 valence electrons. The number of nitrogens with one attached hydrogen (secondary N) is 1. The first kappa shape index (κ1) is 14.5. The molecule has 4 nitrogen and oxygen atoms in total. The molecule has 2 heterocycles. The molecule has 0 spiro atoms. The van der Waals surface area contributed by atoms with Crippen LogP contribution in [0.5, 0.6) is 0 Å². The number of aryl methyl sites for hydroxylation is 1. The zero-order valence-corrected chi connectivity index (χ0v) is 13.0. The summed E-state index contributed by atoms with van der Waals surface area (Å²) >= 11 is 0. The molecule has 21 heavy (non-hydrogen) atoms. The Kier molecular flexibility index (Phi) is 4.27. The minimum Gasteiger partial charge on any atom is -0.318 e. The van der Waals surface area contributed by atoms with Gasteiger partial charge in [-0.3, -0.25) is 10.1 Å². The van der Waals surface area contributed by atoms with Gasteiger partial charge in [-0.15, -0.1) is 0 Å². The SMILES string of the molecule is Cc1ccc(C2NCC(=O)N2C(C)CN2CCCC2)cc1. The number of carbonyl (C=O) groups excluding carboxylic acids is 1. The summed E-state index contributed by atoms with van der Waals surface area (Å²) < 4.78 is 0. The molecule has 2 fully saturated rings.